The fourth-order valence-electron chi connectivity index (χ4n) is 4.31. The van der Waals surface area contributed by atoms with Crippen LogP contribution in [0, 0.1) is 3.57 Å². The number of carbonyl (C=O) groups excluding carboxylic acids is 3. The highest BCUT2D eigenvalue weighted by Crippen LogP contribution is 2.27. The topological polar surface area (TPSA) is 138 Å². The number of hydrogen-bond acceptors (Lipinski definition) is 8. The molecule has 0 bridgehead atoms. The second-order valence-electron chi connectivity index (χ2n) is 9.90. The molecule has 11 nitrogen and oxygen atoms in total. The number of hydrogen-bond donors (Lipinski definition) is 4. The third-order valence-electron chi connectivity index (χ3n) is 6.31. The number of ether oxygens (including phenoxy) is 1. The Bertz CT molecular complexity index is 1460. The van der Waals surface area contributed by atoms with Crippen LogP contribution >= 0.6 is 34.2 Å². The number of rotatable bonds is 8. The van der Waals surface area contributed by atoms with E-state index in [1.807, 2.05) is 6.07 Å². The summed E-state index contributed by atoms with van der Waals surface area (Å²) in [5.74, 6) is -0.887. The van der Waals surface area contributed by atoms with E-state index in [2.05, 4.69) is 53.7 Å². The molecule has 0 saturated heterocycles. The van der Waals surface area contributed by atoms with Crippen molar-refractivity contribution in [3.63, 3.8) is 0 Å². The second-order valence-corrected chi connectivity index (χ2v) is 11.6. The molecule has 0 radical (unpaired) electrons. The number of guanidine groups is 1. The number of fused-ring (bicyclic) bond motifs is 1. The highest BCUT2D eigenvalue weighted by atomic mass is 127. The minimum atomic E-state index is -1.06. The van der Waals surface area contributed by atoms with Crippen molar-refractivity contribution >= 4 is 74.5 Å². The van der Waals surface area contributed by atoms with Gasteiger partial charge < -0.3 is 20.7 Å². The van der Waals surface area contributed by atoms with Crippen molar-refractivity contribution in [2.45, 2.75) is 18.6 Å². The molecular weight excluding hydrogens is 656 g/mol. The number of H-pyrrole nitrogens is 1. The van der Waals surface area contributed by atoms with Gasteiger partial charge in [0.25, 0.3) is 5.91 Å². The summed E-state index contributed by atoms with van der Waals surface area (Å²) < 4.78 is 18.8. The minimum absolute atomic E-state index is 0.0345. The molecule has 1 aromatic heterocycles. The Kier molecular flexibility index (Phi) is 9.26. The Morgan fingerprint density at radius 2 is 2.02 bits per heavy atom. The summed E-state index contributed by atoms with van der Waals surface area (Å²) in [5.41, 5.74) is 2.13. The van der Waals surface area contributed by atoms with Gasteiger partial charge >= 0.3 is 11.9 Å². The third-order valence-corrected chi connectivity index (χ3v) is 7.15. The van der Waals surface area contributed by atoms with Crippen molar-refractivity contribution in [2.24, 2.45) is 4.99 Å². The first-order valence-corrected chi connectivity index (χ1v) is 13.8. The van der Waals surface area contributed by atoms with Crippen LogP contribution in [0.5, 0.6) is 0 Å². The van der Waals surface area contributed by atoms with E-state index < -0.39 is 24.1 Å². The van der Waals surface area contributed by atoms with Gasteiger partial charge in [-0.25, -0.2) is 14.2 Å². The smallest absolute Gasteiger partial charge is 0.346 e. The number of carbonyl (C=O) groups is 3. The van der Waals surface area contributed by atoms with E-state index in [1.165, 1.54) is 7.11 Å². The molecule has 3 aromatic rings. The largest absolute Gasteiger partial charge is 0.469 e. The van der Waals surface area contributed by atoms with Gasteiger partial charge in [0.15, 0.2) is 12.5 Å². The van der Waals surface area contributed by atoms with Gasteiger partial charge in [-0.05, 0) is 58.5 Å². The number of anilines is 1. The normalized spacial score (nSPS) is 16.1. The zero-order valence-corrected chi connectivity index (χ0v) is 25.0. The molecule has 0 saturated carbocycles. The lowest BCUT2D eigenvalue weighted by molar-refractivity contribution is -0.798. The lowest BCUT2D eigenvalue weighted by Crippen LogP contribution is -2.52. The summed E-state index contributed by atoms with van der Waals surface area (Å²) in [6, 6.07) is 7.87. The third kappa shape index (κ3) is 7.26. The number of alkyl halides is 1. The molecule has 1 aliphatic heterocycles. The van der Waals surface area contributed by atoms with Crippen LogP contribution in [0.1, 0.15) is 28.4 Å². The highest BCUT2D eigenvalue weighted by molar-refractivity contribution is 14.1. The number of aliphatic imine (C=N–C) groups is 1. The molecule has 4 N–H and O–H groups in total. The number of quaternary nitrogens is 1. The highest BCUT2D eigenvalue weighted by Gasteiger charge is 2.33. The van der Waals surface area contributed by atoms with Gasteiger partial charge in [0.2, 0.25) is 0 Å². The van der Waals surface area contributed by atoms with Crippen molar-refractivity contribution in [3.05, 3.63) is 56.2 Å². The molecule has 14 heteroatoms. The number of halogens is 3. The minimum Gasteiger partial charge on any atom is -0.469 e. The lowest BCUT2D eigenvalue weighted by atomic mass is 10.0. The molecule has 1 aliphatic rings. The van der Waals surface area contributed by atoms with E-state index in [0.29, 0.717) is 38.7 Å². The quantitative estimate of drug-likeness (QED) is 0.163. The summed E-state index contributed by atoms with van der Waals surface area (Å²) in [6.45, 7) is -0.0414. The predicted octanol–water partition coefficient (Wildman–Crippen LogP) is 3.17. The van der Waals surface area contributed by atoms with Gasteiger partial charge in [-0.1, -0.05) is 11.6 Å². The van der Waals surface area contributed by atoms with Crippen molar-refractivity contribution in [2.75, 3.05) is 46.2 Å². The van der Waals surface area contributed by atoms with E-state index in [0.717, 1.165) is 3.57 Å². The van der Waals surface area contributed by atoms with Gasteiger partial charge in [0.05, 0.1) is 69.7 Å². The zero-order chi connectivity index (χ0) is 29.0. The average molecular weight is 685 g/mol. The second kappa shape index (κ2) is 12.5. The van der Waals surface area contributed by atoms with Crippen LogP contribution < -0.4 is 16.0 Å². The summed E-state index contributed by atoms with van der Waals surface area (Å²) in [5, 5.41) is 17.0. The Morgan fingerprint density at radius 3 is 2.70 bits per heavy atom. The zero-order valence-electron chi connectivity index (χ0n) is 22.1. The standard InChI is InChI=1S/C26H28ClFIN7O4/c1-36(2,13-23(37)33-20(9-24(38)40-3)14-4-16(27)8-18(29)5-14)25(39)15-6-21(19-12-32-35-22(19)7-15)34-26-30-10-17(28)11-31-26/h4-8,12,17,20H,9-11,13H2,1-3H3,(H3-,30,31,32,33,34,35,37,39)/p+1/t20-/m0/s1. The number of nitrogens with zero attached hydrogens (tertiary/aromatic N) is 3. The molecule has 0 fully saturated rings. The number of methoxy groups -OCH3 is 1. The van der Waals surface area contributed by atoms with Crippen LogP contribution in [-0.4, -0.2) is 85.4 Å². The molecule has 4 rings (SSSR count). The molecule has 0 aliphatic carbocycles. The van der Waals surface area contributed by atoms with Crippen LogP contribution in [0.4, 0.5) is 10.1 Å². The van der Waals surface area contributed by atoms with Crippen molar-refractivity contribution < 1.29 is 28.0 Å². The molecule has 0 spiro atoms. The molecule has 2 heterocycles. The molecule has 2 aromatic carbocycles. The fourth-order valence-corrected chi connectivity index (χ4v) is 5.43. The number of nitrogens with one attached hydrogen (secondary N) is 4. The van der Waals surface area contributed by atoms with E-state index in [4.69, 9.17) is 16.3 Å². The van der Waals surface area contributed by atoms with Crippen LogP contribution in [0.15, 0.2) is 41.5 Å². The Labute approximate surface area is 248 Å². The van der Waals surface area contributed by atoms with Crippen LogP contribution in [0.2, 0.25) is 5.02 Å². The maximum Gasteiger partial charge on any atom is 0.346 e. The molecule has 1 unspecified atom stereocenters. The summed E-state index contributed by atoms with van der Waals surface area (Å²) in [7, 11) is 4.52. The lowest BCUT2D eigenvalue weighted by Gasteiger charge is -2.28. The first kappa shape index (κ1) is 29.7. The first-order chi connectivity index (χ1) is 18.9. The molecule has 212 valence electrons. The van der Waals surface area contributed by atoms with Crippen LogP contribution in [-0.2, 0) is 14.3 Å². The van der Waals surface area contributed by atoms with E-state index in [9.17, 15) is 18.8 Å². The number of aromatic nitrogens is 2. The van der Waals surface area contributed by atoms with Gasteiger partial charge in [-0.2, -0.15) is 5.10 Å². The van der Waals surface area contributed by atoms with E-state index in [1.54, 1.807) is 44.6 Å². The number of likely N-dealkylation sites (N-methyl/N-ethyl adjacent to an activating group) is 1. The Morgan fingerprint density at radius 1 is 1.25 bits per heavy atom. The van der Waals surface area contributed by atoms with Gasteiger partial charge in [0.1, 0.15) is 6.17 Å². The predicted molar refractivity (Wildman–Crippen MR) is 158 cm³/mol. The molecular formula is C26H29ClFIN7O4+. The van der Waals surface area contributed by atoms with E-state index >= 15 is 0 Å². The Balaban J connectivity index is 1.54. The monoisotopic (exact) mass is 684 g/mol. The van der Waals surface area contributed by atoms with E-state index in [-0.39, 0.29) is 36.4 Å². The Hall–Kier alpha value is -3.30. The average Bonchev–Trinajstić information content (AvgIpc) is 3.37. The van der Waals surface area contributed by atoms with Gasteiger partial charge in [-0.3, -0.25) is 19.2 Å². The number of aromatic amines is 1. The number of amides is 2. The number of esters is 1. The van der Waals surface area contributed by atoms with Crippen molar-refractivity contribution in [3.8, 4) is 0 Å². The van der Waals surface area contributed by atoms with Crippen LogP contribution in [0.3, 0.4) is 0 Å². The number of benzene rings is 2. The summed E-state index contributed by atoms with van der Waals surface area (Å²) in [6.07, 6.45) is 0.442. The van der Waals surface area contributed by atoms with Crippen molar-refractivity contribution in [1.82, 2.24) is 20.8 Å². The van der Waals surface area contributed by atoms with Gasteiger partial charge in [0, 0.05) is 14.0 Å². The SMILES string of the molecule is COC(=O)C[C@H](NC(=O)C[N+](C)(C)C(=O)c1cc(NC2=NCC(F)CN2)c2cn[nH]c2c1)c1cc(Cl)cc(I)c1. The summed E-state index contributed by atoms with van der Waals surface area (Å²) >= 11 is 8.31. The fraction of sp³-hybridized carbons (Fsp3) is 0.346. The summed E-state index contributed by atoms with van der Waals surface area (Å²) in [4.78, 5) is 43.1. The van der Waals surface area contributed by atoms with Crippen LogP contribution in [0.25, 0.3) is 10.9 Å². The van der Waals surface area contributed by atoms with Gasteiger partial charge in [-0.15, -0.1) is 0 Å². The molecule has 2 amide bonds. The van der Waals surface area contributed by atoms with Crippen molar-refractivity contribution in [1.29, 1.82) is 0 Å². The maximum atomic E-state index is 13.7. The molecule has 2 atom stereocenters. The first-order valence-electron chi connectivity index (χ1n) is 12.3. The molecule has 40 heavy (non-hydrogen) atoms. The maximum absolute atomic E-state index is 13.7.